The van der Waals surface area contributed by atoms with Gasteiger partial charge >= 0.3 is 0 Å². The van der Waals surface area contributed by atoms with Crippen molar-refractivity contribution in [1.82, 2.24) is 14.9 Å². The number of hydrogen-bond donors (Lipinski definition) is 0. The molecule has 0 bridgehead atoms. The van der Waals surface area contributed by atoms with E-state index in [1.807, 2.05) is 65.6 Å². The lowest BCUT2D eigenvalue weighted by atomic mass is 10.00. The summed E-state index contributed by atoms with van der Waals surface area (Å²) in [5, 5.41) is 0. The summed E-state index contributed by atoms with van der Waals surface area (Å²) in [5.74, 6) is 0.673. The molecule has 0 fully saturated rings. The molecule has 148 valence electrons. The smallest absolute Gasteiger partial charge is 0.260 e. The number of nitrogens with zero attached hydrogens (tertiary/aromatic N) is 3. The molecule has 30 heavy (non-hydrogen) atoms. The minimum atomic E-state index is 0.00831. The molecule has 0 spiro atoms. The average molecular weight is 395 g/mol. The van der Waals surface area contributed by atoms with Gasteiger partial charge in [-0.15, -0.1) is 0 Å². The van der Waals surface area contributed by atoms with Crippen molar-refractivity contribution in [2.24, 2.45) is 0 Å². The van der Waals surface area contributed by atoms with Crippen LogP contribution in [0.1, 0.15) is 11.1 Å². The van der Waals surface area contributed by atoms with Crippen LogP contribution in [0, 0.1) is 0 Å². The van der Waals surface area contributed by atoms with E-state index in [1.54, 1.807) is 6.20 Å². The van der Waals surface area contributed by atoms with Crippen LogP contribution in [0.5, 0.6) is 5.75 Å². The summed E-state index contributed by atoms with van der Waals surface area (Å²) in [7, 11) is 0. The molecule has 0 saturated heterocycles. The van der Waals surface area contributed by atoms with Crippen molar-refractivity contribution in [3.63, 3.8) is 0 Å². The van der Waals surface area contributed by atoms with Crippen molar-refractivity contribution in [3.8, 4) is 17.0 Å². The van der Waals surface area contributed by atoms with Gasteiger partial charge in [0.1, 0.15) is 5.75 Å². The summed E-state index contributed by atoms with van der Waals surface area (Å²) in [4.78, 5) is 23.6. The standard InChI is InChI=1S/C25H21N3O2/c29-25(28-14-13-18-5-1-2-6-20(18)16-28)17-30-21-11-9-19(10-12-21)24-15-26-22-7-3-4-8-23(22)27-24/h1-12,15H,13-14,16-17H2. The molecular formula is C25H21N3O2. The molecule has 0 unspecified atom stereocenters. The summed E-state index contributed by atoms with van der Waals surface area (Å²) in [6.07, 6.45) is 2.67. The van der Waals surface area contributed by atoms with E-state index >= 15 is 0 Å². The third kappa shape index (κ3) is 3.74. The van der Waals surface area contributed by atoms with E-state index in [-0.39, 0.29) is 12.5 Å². The Morgan fingerprint density at radius 2 is 1.63 bits per heavy atom. The zero-order valence-electron chi connectivity index (χ0n) is 16.5. The third-order valence-electron chi connectivity index (χ3n) is 5.44. The number of aromatic nitrogens is 2. The second kappa shape index (κ2) is 7.95. The molecular weight excluding hydrogens is 374 g/mol. The van der Waals surface area contributed by atoms with Gasteiger partial charge in [-0.05, 0) is 53.9 Å². The summed E-state index contributed by atoms with van der Waals surface area (Å²) in [6, 6.07) is 23.7. The van der Waals surface area contributed by atoms with Gasteiger partial charge in [0, 0.05) is 18.7 Å². The largest absolute Gasteiger partial charge is 0.484 e. The Kier molecular flexibility index (Phi) is 4.85. The van der Waals surface area contributed by atoms with Crippen LogP contribution in [0.2, 0.25) is 0 Å². The lowest BCUT2D eigenvalue weighted by Gasteiger charge is -2.28. The molecule has 1 aliphatic rings. The highest BCUT2D eigenvalue weighted by Crippen LogP contribution is 2.23. The second-order valence-electron chi connectivity index (χ2n) is 7.39. The van der Waals surface area contributed by atoms with Crippen LogP contribution >= 0.6 is 0 Å². The monoisotopic (exact) mass is 395 g/mol. The summed E-state index contributed by atoms with van der Waals surface area (Å²) in [6.45, 7) is 1.42. The number of hydrogen-bond acceptors (Lipinski definition) is 4. The van der Waals surface area contributed by atoms with Crippen LogP contribution in [0.25, 0.3) is 22.3 Å². The maximum Gasteiger partial charge on any atom is 0.260 e. The third-order valence-corrected chi connectivity index (χ3v) is 5.44. The number of para-hydroxylation sites is 2. The molecule has 0 saturated carbocycles. The average Bonchev–Trinajstić information content (AvgIpc) is 2.82. The van der Waals surface area contributed by atoms with E-state index in [9.17, 15) is 4.79 Å². The maximum absolute atomic E-state index is 12.6. The molecule has 2 heterocycles. The first kappa shape index (κ1) is 18.3. The SMILES string of the molecule is O=C(COc1ccc(-c2cnc3ccccc3n2)cc1)N1CCc2ccccc2C1. The number of fused-ring (bicyclic) bond motifs is 2. The fourth-order valence-electron chi connectivity index (χ4n) is 3.76. The van der Waals surface area contributed by atoms with Gasteiger partial charge < -0.3 is 9.64 Å². The number of carbonyl (C=O) groups excluding carboxylic acids is 1. The summed E-state index contributed by atoms with van der Waals surface area (Å²) >= 11 is 0. The van der Waals surface area contributed by atoms with Crippen molar-refractivity contribution in [3.05, 3.63) is 90.1 Å². The van der Waals surface area contributed by atoms with Gasteiger partial charge in [0.25, 0.3) is 5.91 Å². The van der Waals surface area contributed by atoms with Crippen LogP contribution in [0.3, 0.4) is 0 Å². The van der Waals surface area contributed by atoms with Crippen molar-refractivity contribution in [2.45, 2.75) is 13.0 Å². The molecule has 0 radical (unpaired) electrons. The molecule has 5 heteroatoms. The predicted octanol–water partition coefficient (Wildman–Crippen LogP) is 4.26. The zero-order valence-corrected chi connectivity index (χ0v) is 16.5. The van der Waals surface area contributed by atoms with E-state index in [4.69, 9.17) is 4.74 Å². The van der Waals surface area contributed by atoms with Crippen LogP contribution in [-0.4, -0.2) is 33.9 Å². The van der Waals surface area contributed by atoms with Gasteiger partial charge in [-0.2, -0.15) is 0 Å². The summed E-state index contributed by atoms with van der Waals surface area (Å²) < 4.78 is 5.74. The Labute approximate surface area is 175 Å². The van der Waals surface area contributed by atoms with Crippen LogP contribution in [0.4, 0.5) is 0 Å². The minimum Gasteiger partial charge on any atom is -0.484 e. The molecule has 0 aliphatic carbocycles. The van der Waals surface area contributed by atoms with Crippen molar-refractivity contribution >= 4 is 16.9 Å². The van der Waals surface area contributed by atoms with E-state index in [2.05, 4.69) is 22.1 Å². The summed E-state index contributed by atoms with van der Waals surface area (Å²) in [5.41, 5.74) is 6.06. The van der Waals surface area contributed by atoms with Crippen LogP contribution in [-0.2, 0) is 17.8 Å². The Bertz CT molecular complexity index is 1200. The van der Waals surface area contributed by atoms with Gasteiger partial charge in [-0.25, -0.2) is 4.98 Å². The lowest BCUT2D eigenvalue weighted by Crippen LogP contribution is -2.38. The minimum absolute atomic E-state index is 0.00831. The fraction of sp³-hybridized carbons (Fsp3) is 0.160. The van der Waals surface area contributed by atoms with Crippen molar-refractivity contribution in [1.29, 1.82) is 0 Å². The topological polar surface area (TPSA) is 55.3 Å². The molecule has 5 rings (SSSR count). The Balaban J connectivity index is 1.22. The molecule has 1 amide bonds. The van der Waals surface area contributed by atoms with Gasteiger partial charge in [0.15, 0.2) is 6.61 Å². The van der Waals surface area contributed by atoms with Crippen LogP contribution in [0.15, 0.2) is 79.0 Å². The molecule has 4 aromatic rings. The van der Waals surface area contributed by atoms with Gasteiger partial charge in [-0.1, -0.05) is 36.4 Å². The highest BCUT2D eigenvalue weighted by atomic mass is 16.5. The Hall–Kier alpha value is -3.73. The number of carbonyl (C=O) groups is 1. The molecule has 5 nitrogen and oxygen atoms in total. The predicted molar refractivity (Wildman–Crippen MR) is 116 cm³/mol. The van der Waals surface area contributed by atoms with E-state index in [0.29, 0.717) is 12.3 Å². The first-order valence-electron chi connectivity index (χ1n) is 10.1. The first-order chi connectivity index (χ1) is 14.8. The van der Waals surface area contributed by atoms with E-state index in [0.717, 1.165) is 35.3 Å². The molecule has 1 aliphatic heterocycles. The maximum atomic E-state index is 12.6. The highest BCUT2D eigenvalue weighted by Gasteiger charge is 2.20. The van der Waals surface area contributed by atoms with Gasteiger partial charge in [0.2, 0.25) is 0 Å². The highest BCUT2D eigenvalue weighted by molar-refractivity contribution is 5.78. The van der Waals surface area contributed by atoms with E-state index in [1.165, 1.54) is 11.1 Å². The number of rotatable bonds is 4. The lowest BCUT2D eigenvalue weighted by molar-refractivity contribution is -0.134. The normalized spacial score (nSPS) is 13.1. The van der Waals surface area contributed by atoms with Gasteiger partial charge in [-0.3, -0.25) is 9.78 Å². The zero-order chi connectivity index (χ0) is 20.3. The fourth-order valence-corrected chi connectivity index (χ4v) is 3.76. The number of amides is 1. The quantitative estimate of drug-likeness (QED) is 0.518. The van der Waals surface area contributed by atoms with Crippen molar-refractivity contribution in [2.75, 3.05) is 13.2 Å². The molecule has 0 atom stereocenters. The number of benzene rings is 3. The van der Waals surface area contributed by atoms with Gasteiger partial charge in [0.05, 0.1) is 22.9 Å². The molecule has 3 aromatic carbocycles. The molecule has 0 N–H and O–H groups in total. The number of ether oxygens (including phenoxy) is 1. The van der Waals surface area contributed by atoms with Crippen molar-refractivity contribution < 1.29 is 9.53 Å². The van der Waals surface area contributed by atoms with E-state index < -0.39 is 0 Å². The Morgan fingerprint density at radius 3 is 2.47 bits per heavy atom. The first-order valence-corrected chi connectivity index (χ1v) is 10.1. The molecule has 1 aromatic heterocycles. The second-order valence-corrected chi connectivity index (χ2v) is 7.39. The Morgan fingerprint density at radius 1 is 0.900 bits per heavy atom. The van der Waals surface area contributed by atoms with Crippen LogP contribution < -0.4 is 4.74 Å².